The van der Waals surface area contributed by atoms with Gasteiger partial charge in [-0.15, -0.1) is 0 Å². The first-order valence-corrected chi connectivity index (χ1v) is 4.84. The number of pyridine rings is 1. The molecule has 0 aliphatic rings. The summed E-state index contributed by atoms with van der Waals surface area (Å²) < 4.78 is 12.7. The molecule has 2 aromatic rings. The lowest BCUT2D eigenvalue weighted by molar-refractivity contribution is 0.622. The van der Waals surface area contributed by atoms with E-state index in [0.717, 1.165) is 5.56 Å². The number of nitrogens with zero attached hydrogens (tertiary/aromatic N) is 3. The van der Waals surface area contributed by atoms with Crippen molar-refractivity contribution in [1.82, 2.24) is 15.0 Å². The Bertz CT molecular complexity index is 496. The highest BCUT2D eigenvalue weighted by molar-refractivity contribution is 5.59. The van der Waals surface area contributed by atoms with Crippen LogP contribution in [-0.4, -0.2) is 22.0 Å². The lowest BCUT2D eigenvalue weighted by Crippen LogP contribution is -2.00. The molecule has 0 saturated carbocycles. The van der Waals surface area contributed by atoms with Crippen molar-refractivity contribution in [3.8, 4) is 11.4 Å². The standard InChI is InChI=1S/C11H11FN4/c1-7-5-15-11(13-2)16-10(7)9-4-3-8(12)6-14-9/h3-6H,1-2H3,(H,13,15,16). The van der Waals surface area contributed by atoms with Gasteiger partial charge in [-0.25, -0.2) is 14.4 Å². The van der Waals surface area contributed by atoms with Gasteiger partial charge in [0, 0.05) is 13.2 Å². The third kappa shape index (κ3) is 1.98. The highest BCUT2D eigenvalue weighted by Gasteiger charge is 2.07. The Hall–Kier alpha value is -2.04. The maximum Gasteiger partial charge on any atom is 0.223 e. The molecule has 2 heterocycles. The first-order valence-electron chi connectivity index (χ1n) is 4.84. The van der Waals surface area contributed by atoms with E-state index in [1.54, 1.807) is 19.3 Å². The van der Waals surface area contributed by atoms with Crippen LogP contribution in [0.3, 0.4) is 0 Å². The van der Waals surface area contributed by atoms with E-state index in [1.807, 2.05) is 6.92 Å². The van der Waals surface area contributed by atoms with Gasteiger partial charge < -0.3 is 5.32 Å². The molecular formula is C11H11FN4. The number of aromatic nitrogens is 3. The van der Waals surface area contributed by atoms with Gasteiger partial charge in [-0.1, -0.05) is 0 Å². The number of nitrogens with one attached hydrogen (secondary N) is 1. The van der Waals surface area contributed by atoms with Gasteiger partial charge in [0.25, 0.3) is 0 Å². The van der Waals surface area contributed by atoms with Gasteiger partial charge >= 0.3 is 0 Å². The summed E-state index contributed by atoms with van der Waals surface area (Å²) in [6, 6.07) is 2.97. The molecule has 0 spiro atoms. The molecule has 0 atom stereocenters. The van der Waals surface area contributed by atoms with Gasteiger partial charge in [-0.3, -0.25) is 4.98 Å². The number of anilines is 1. The van der Waals surface area contributed by atoms with Crippen LogP contribution in [0.4, 0.5) is 10.3 Å². The molecule has 0 unspecified atom stereocenters. The Morgan fingerprint density at radius 1 is 1.19 bits per heavy atom. The van der Waals surface area contributed by atoms with Gasteiger partial charge in [0.2, 0.25) is 5.95 Å². The van der Waals surface area contributed by atoms with Gasteiger partial charge in [0.15, 0.2) is 0 Å². The monoisotopic (exact) mass is 218 g/mol. The molecule has 0 amide bonds. The number of rotatable bonds is 2. The Labute approximate surface area is 92.6 Å². The molecule has 5 heteroatoms. The summed E-state index contributed by atoms with van der Waals surface area (Å²) in [6.45, 7) is 1.89. The summed E-state index contributed by atoms with van der Waals surface area (Å²) in [6.07, 6.45) is 2.88. The fourth-order valence-corrected chi connectivity index (χ4v) is 1.34. The molecule has 0 aliphatic heterocycles. The molecule has 4 nitrogen and oxygen atoms in total. The Morgan fingerprint density at radius 2 is 2.00 bits per heavy atom. The van der Waals surface area contributed by atoms with E-state index in [4.69, 9.17) is 0 Å². The molecule has 0 bridgehead atoms. The number of hydrogen-bond acceptors (Lipinski definition) is 4. The molecular weight excluding hydrogens is 207 g/mol. The van der Waals surface area contributed by atoms with Crippen molar-refractivity contribution in [3.63, 3.8) is 0 Å². The quantitative estimate of drug-likeness (QED) is 0.837. The van der Waals surface area contributed by atoms with Crippen LogP contribution in [0.2, 0.25) is 0 Å². The Balaban J connectivity index is 2.50. The second-order valence-electron chi connectivity index (χ2n) is 3.34. The Morgan fingerprint density at radius 3 is 2.62 bits per heavy atom. The van der Waals surface area contributed by atoms with E-state index in [2.05, 4.69) is 20.3 Å². The fourth-order valence-electron chi connectivity index (χ4n) is 1.34. The summed E-state index contributed by atoms with van der Waals surface area (Å²) in [7, 11) is 1.74. The topological polar surface area (TPSA) is 50.7 Å². The van der Waals surface area contributed by atoms with Crippen molar-refractivity contribution in [2.24, 2.45) is 0 Å². The van der Waals surface area contributed by atoms with Crippen molar-refractivity contribution in [1.29, 1.82) is 0 Å². The molecule has 2 aromatic heterocycles. The lowest BCUT2D eigenvalue weighted by Gasteiger charge is -2.05. The van der Waals surface area contributed by atoms with Crippen LogP contribution >= 0.6 is 0 Å². The Kier molecular flexibility index (Phi) is 2.76. The number of hydrogen-bond donors (Lipinski definition) is 1. The van der Waals surface area contributed by atoms with E-state index in [1.165, 1.54) is 12.3 Å². The summed E-state index contributed by atoms with van der Waals surface area (Å²) in [4.78, 5) is 12.4. The van der Waals surface area contributed by atoms with Gasteiger partial charge in [0.1, 0.15) is 5.82 Å². The maximum atomic E-state index is 12.7. The van der Waals surface area contributed by atoms with E-state index in [0.29, 0.717) is 17.3 Å². The number of aryl methyl sites for hydroxylation is 1. The maximum absolute atomic E-state index is 12.7. The van der Waals surface area contributed by atoms with Gasteiger partial charge in [-0.05, 0) is 24.6 Å². The first-order chi connectivity index (χ1) is 7.70. The highest BCUT2D eigenvalue weighted by Crippen LogP contribution is 2.19. The molecule has 0 aliphatic carbocycles. The third-order valence-corrected chi connectivity index (χ3v) is 2.17. The van der Waals surface area contributed by atoms with Crippen LogP contribution < -0.4 is 5.32 Å². The van der Waals surface area contributed by atoms with Gasteiger partial charge in [0.05, 0.1) is 17.6 Å². The third-order valence-electron chi connectivity index (χ3n) is 2.17. The summed E-state index contributed by atoms with van der Waals surface area (Å²) in [5.74, 6) is 0.163. The average Bonchev–Trinajstić information content (AvgIpc) is 2.31. The molecule has 16 heavy (non-hydrogen) atoms. The predicted molar refractivity (Wildman–Crippen MR) is 59.5 cm³/mol. The van der Waals surface area contributed by atoms with E-state index >= 15 is 0 Å². The molecule has 2 rings (SSSR count). The van der Waals surface area contributed by atoms with Crippen molar-refractivity contribution in [3.05, 3.63) is 35.9 Å². The minimum atomic E-state index is -0.357. The highest BCUT2D eigenvalue weighted by atomic mass is 19.1. The number of halogens is 1. The molecule has 0 radical (unpaired) electrons. The normalized spacial score (nSPS) is 10.2. The second kappa shape index (κ2) is 4.22. The minimum absolute atomic E-state index is 0.357. The van der Waals surface area contributed by atoms with E-state index in [-0.39, 0.29) is 5.82 Å². The molecule has 0 fully saturated rings. The molecule has 82 valence electrons. The van der Waals surface area contributed by atoms with Crippen LogP contribution in [-0.2, 0) is 0 Å². The van der Waals surface area contributed by atoms with Gasteiger partial charge in [-0.2, -0.15) is 0 Å². The lowest BCUT2D eigenvalue weighted by atomic mass is 10.2. The van der Waals surface area contributed by atoms with Crippen LogP contribution in [0.1, 0.15) is 5.56 Å². The summed E-state index contributed by atoms with van der Waals surface area (Å²) in [5, 5.41) is 2.85. The fraction of sp³-hybridized carbons (Fsp3) is 0.182. The minimum Gasteiger partial charge on any atom is -0.357 e. The zero-order valence-corrected chi connectivity index (χ0v) is 9.03. The van der Waals surface area contributed by atoms with E-state index in [9.17, 15) is 4.39 Å². The second-order valence-corrected chi connectivity index (χ2v) is 3.34. The molecule has 1 N–H and O–H groups in total. The van der Waals surface area contributed by atoms with Crippen molar-refractivity contribution < 1.29 is 4.39 Å². The van der Waals surface area contributed by atoms with Crippen LogP contribution in [0, 0.1) is 12.7 Å². The van der Waals surface area contributed by atoms with E-state index < -0.39 is 0 Å². The first kappa shape index (κ1) is 10.5. The predicted octanol–water partition coefficient (Wildman–Crippen LogP) is 2.03. The van der Waals surface area contributed by atoms with Crippen LogP contribution in [0.25, 0.3) is 11.4 Å². The zero-order chi connectivity index (χ0) is 11.5. The van der Waals surface area contributed by atoms with Crippen molar-refractivity contribution in [2.45, 2.75) is 6.92 Å². The summed E-state index contributed by atoms with van der Waals surface area (Å²) >= 11 is 0. The SMILES string of the molecule is CNc1ncc(C)c(-c2ccc(F)cn2)n1. The largest absolute Gasteiger partial charge is 0.357 e. The summed E-state index contributed by atoms with van der Waals surface area (Å²) in [5.41, 5.74) is 2.25. The zero-order valence-electron chi connectivity index (χ0n) is 9.03. The smallest absolute Gasteiger partial charge is 0.223 e. The van der Waals surface area contributed by atoms with Crippen molar-refractivity contribution >= 4 is 5.95 Å². The molecule has 0 saturated heterocycles. The van der Waals surface area contributed by atoms with Crippen molar-refractivity contribution in [2.75, 3.05) is 12.4 Å². The van der Waals surface area contributed by atoms with Crippen LogP contribution in [0.5, 0.6) is 0 Å². The molecule has 0 aromatic carbocycles. The average molecular weight is 218 g/mol. The van der Waals surface area contributed by atoms with Crippen LogP contribution in [0.15, 0.2) is 24.5 Å².